The van der Waals surface area contributed by atoms with Gasteiger partial charge in [0, 0.05) is 24.0 Å². The molecule has 0 aliphatic heterocycles. The highest BCUT2D eigenvalue weighted by atomic mass is 19.1. The van der Waals surface area contributed by atoms with Crippen LogP contribution in [0.5, 0.6) is 0 Å². The van der Waals surface area contributed by atoms with Gasteiger partial charge in [-0.1, -0.05) is 0 Å². The fourth-order valence-electron chi connectivity index (χ4n) is 2.44. The number of nitriles is 1. The van der Waals surface area contributed by atoms with E-state index in [1.807, 2.05) is 12.1 Å². The Kier molecular flexibility index (Phi) is 3.21. The molecule has 0 atom stereocenters. The number of aromatic nitrogens is 5. The zero-order chi connectivity index (χ0) is 16.5. The van der Waals surface area contributed by atoms with Gasteiger partial charge in [-0.15, -0.1) is 0 Å². The van der Waals surface area contributed by atoms with Crippen LogP contribution in [0.3, 0.4) is 0 Å². The highest BCUT2D eigenvalue weighted by molar-refractivity contribution is 5.77. The van der Waals surface area contributed by atoms with E-state index in [0.717, 1.165) is 0 Å². The number of pyridine rings is 2. The van der Waals surface area contributed by atoms with Crippen molar-refractivity contribution in [2.24, 2.45) is 0 Å². The third-order valence-corrected chi connectivity index (χ3v) is 3.53. The molecule has 4 aromatic heterocycles. The van der Waals surface area contributed by atoms with E-state index < -0.39 is 0 Å². The predicted molar refractivity (Wildman–Crippen MR) is 84.1 cm³/mol. The molecule has 0 unspecified atom stereocenters. The van der Waals surface area contributed by atoms with Gasteiger partial charge >= 0.3 is 0 Å². The summed E-state index contributed by atoms with van der Waals surface area (Å²) in [6.07, 6.45) is 4.47. The monoisotopic (exact) mass is 316 g/mol. The van der Waals surface area contributed by atoms with Gasteiger partial charge in [-0.2, -0.15) is 10.4 Å². The first-order valence-electron chi connectivity index (χ1n) is 7.08. The Bertz CT molecular complexity index is 1100. The molecule has 0 spiro atoms. The van der Waals surface area contributed by atoms with E-state index in [1.54, 1.807) is 24.4 Å². The topological polar surface area (TPSA) is 79.8 Å². The molecular weight excluding hydrogens is 307 g/mol. The third-order valence-electron chi connectivity index (χ3n) is 3.53. The van der Waals surface area contributed by atoms with Crippen LogP contribution in [0, 0.1) is 17.1 Å². The lowest BCUT2D eigenvalue weighted by molar-refractivity contribution is 0.626. The molecule has 4 aromatic rings. The summed E-state index contributed by atoms with van der Waals surface area (Å²) >= 11 is 0. The van der Waals surface area contributed by atoms with Crippen LogP contribution in [-0.4, -0.2) is 24.6 Å². The fraction of sp³-hybridized carbons (Fsp3) is 0. The largest absolute Gasteiger partial charge is 0.254 e. The van der Waals surface area contributed by atoms with Crippen LogP contribution < -0.4 is 0 Å². The van der Waals surface area contributed by atoms with Gasteiger partial charge in [0.05, 0.1) is 23.3 Å². The molecule has 0 N–H and O–H groups in total. The molecule has 0 fully saturated rings. The minimum Gasteiger partial charge on any atom is -0.254 e. The molecule has 0 saturated heterocycles. The summed E-state index contributed by atoms with van der Waals surface area (Å²) in [7, 11) is 0. The quantitative estimate of drug-likeness (QED) is 0.568. The molecule has 7 heteroatoms. The first kappa shape index (κ1) is 14.0. The maximum Gasteiger partial charge on any atom is 0.162 e. The van der Waals surface area contributed by atoms with Crippen molar-refractivity contribution in [1.82, 2.24) is 24.6 Å². The second-order valence-corrected chi connectivity index (χ2v) is 5.00. The minimum atomic E-state index is -0.388. The lowest BCUT2D eigenvalue weighted by Gasteiger charge is -2.08. The Morgan fingerprint density at radius 1 is 1.00 bits per heavy atom. The summed E-state index contributed by atoms with van der Waals surface area (Å²) in [6, 6.07) is 11.8. The molecule has 0 bridgehead atoms. The van der Waals surface area contributed by atoms with Crippen molar-refractivity contribution in [2.75, 3.05) is 0 Å². The van der Waals surface area contributed by atoms with Crippen LogP contribution in [0.1, 0.15) is 5.69 Å². The number of fused-ring (bicyclic) bond motifs is 1. The highest BCUT2D eigenvalue weighted by Crippen LogP contribution is 2.28. The van der Waals surface area contributed by atoms with Gasteiger partial charge in [0.15, 0.2) is 11.3 Å². The Labute approximate surface area is 135 Å². The molecule has 0 saturated carbocycles. The van der Waals surface area contributed by atoms with Crippen molar-refractivity contribution in [2.45, 2.75) is 0 Å². The van der Waals surface area contributed by atoms with E-state index in [2.05, 4.69) is 20.1 Å². The molecule has 0 amide bonds. The van der Waals surface area contributed by atoms with E-state index in [4.69, 9.17) is 5.26 Å². The van der Waals surface area contributed by atoms with Gasteiger partial charge < -0.3 is 0 Å². The van der Waals surface area contributed by atoms with Gasteiger partial charge in [-0.3, -0.25) is 9.97 Å². The molecule has 4 rings (SSSR count). The zero-order valence-corrected chi connectivity index (χ0v) is 12.3. The Morgan fingerprint density at radius 3 is 2.75 bits per heavy atom. The second-order valence-electron chi connectivity index (χ2n) is 5.00. The van der Waals surface area contributed by atoms with Crippen LogP contribution in [-0.2, 0) is 0 Å². The van der Waals surface area contributed by atoms with Crippen molar-refractivity contribution < 1.29 is 4.39 Å². The third kappa shape index (κ3) is 2.27. The standard InChI is InChI=1S/C17H9FN6/c18-11-5-7-20-15(8-11)17-13(2-1-6-21-17)14-3-4-16-22-10-12(9-19)24(16)23-14/h1-8,10H. The number of hydrogen-bond acceptors (Lipinski definition) is 5. The number of rotatable bonds is 2. The molecule has 114 valence electrons. The summed E-state index contributed by atoms with van der Waals surface area (Å²) < 4.78 is 15.0. The lowest BCUT2D eigenvalue weighted by Crippen LogP contribution is -1.99. The average molecular weight is 316 g/mol. The van der Waals surface area contributed by atoms with E-state index in [-0.39, 0.29) is 5.82 Å². The number of halogens is 1. The molecular formula is C17H9FN6. The second kappa shape index (κ2) is 5.52. The maximum absolute atomic E-state index is 13.5. The Morgan fingerprint density at radius 2 is 1.92 bits per heavy atom. The van der Waals surface area contributed by atoms with Gasteiger partial charge in [-0.05, 0) is 30.3 Å². The number of nitrogens with zero attached hydrogens (tertiary/aromatic N) is 6. The van der Waals surface area contributed by atoms with Crippen LogP contribution in [0.2, 0.25) is 0 Å². The van der Waals surface area contributed by atoms with Crippen LogP contribution >= 0.6 is 0 Å². The van der Waals surface area contributed by atoms with Gasteiger partial charge in [0.2, 0.25) is 0 Å². The van der Waals surface area contributed by atoms with E-state index in [0.29, 0.717) is 34.0 Å². The van der Waals surface area contributed by atoms with Crippen molar-refractivity contribution in [1.29, 1.82) is 5.26 Å². The normalized spacial score (nSPS) is 10.7. The van der Waals surface area contributed by atoms with Gasteiger partial charge in [0.25, 0.3) is 0 Å². The van der Waals surface area contributed by atoms with Gasteiger partial charge in [-0.25, -0.2) is 13.9 Å². The van der Waals surface area contributed by atoms with Crippen LogP contribution in [0.4, 0.5) is 4.39 Å². The van der Waals surface area contributed by atoms with Gasteiger partial charge in [0.1, 0.15) is 11.9 Å². The van der Waals surface area contributed by atoms with Crippen LogP contribution in [0.25, 0.3) is 28.3 Å². The smallest absolute Gasteiger partial charge is 0.162 e. The summed E-state index contributed by atoms with van der Waals surface area (Å²) in [5.41, 5.74) is 3.12. The van der Waals surface area contributed by atoms with Crippen molar-refractivity contribution in [3.8, 4) is 28.7 Å². The number of hydrogen-bond donors (Lipinski definition) is 0. The summed E-state index contributed by atoms with van der Waals surface area (Å²) in [5, 5.41) is 13.6. The Hall–Kier alpha value is -3.66. The van der Waals surface area contributed by atoms with Crippen molar-refractivity contribution in [3.05, 3.63) is 66.5 Å². The first-order chi connectivity index (χ1) is 11.8. The minimum absolute atomic E-state index is 0.334. The molecule has 0 radical (unpaired) electrons. The van der Waals surface area contributed by atoms with E-state index in [1.165, 1.54) is 29.0 Å². The molecule has 4 heterocycles. The fourth-order valence-corrected chi connectivity index (χ4v) is 2.44. The van der Waals surface area contributed by atoms with Crippen molar-refractivity contribution >= 4 is 5.65 Å². The Balaban J connectivity index is 1.93. The maximum atomic E-state index is 13.5. The molecule has 24 heavy (non-hydrogen) atoms. The first-order valence-corrected chi connectivity index (χ1v) is 7.08. The van der Waals surface area contributed by atoms with E-state index >= 15 is 0 Å². The summed E-state index contributed by atoms with van der Waals surface area (Å²) in [6.45, 7) is 0. The molecule has 0 aromatic carbocycles. The van der Waals surface area contributed by atoms with Crippen LogP contribution in [0.15, 0.2) is 55.0 Å². The SMILES string of the molecule is N#Cc1cnc2ccc(-c3cccnc3-c3cc(F)ccn3)nn12. The molecule has 0 aliphatic carbocycles. The highest BCUT2D eigenvalue weighted by Gasteiger charge is 2.13. The molecule has 0 aliphatic rings. The summed E-state index contributed by atoms with van der Waals surface area (Å²) in [5.74, 6) is -0.388. The molecule has 6 nitrogen and oxygen atoms in total. The lowest BCUT2D eigenvalue weighted by atomic mass is 10.1. The average Bonchev–Trinajstić information content (AvgIpc) is 3.04. The predicted octanol–water partition coefficient (Wildman–Crippen LogP) is 2.86. The number of imidazole rings is 1. The summed E-state index contributed by atoms with van der Waals surface area (Å²) in [4.78, 5) is 12.6. The van der Waals surface area contributed by atoms with Crippen molar-refractivity contribution in [3.63, 3.8) is 0 Å². The zero-order valence-electron chi connectivity index (χ0n) is 12.3. The van der Waals surface area contributed by atoms with E-state index in [9.17, 15) is 4.39 Å².